The molecule has 4 aliphatic rings. The Balaban J connectivity index is 1.05. The second kappa shape index (κ2) is 8.22. The van der Waals surface area contributed by atoms with E-state index in [1.807, 2.05) is 6.07 Å². The fourth-order valence-electron chi connectivity index (χ4n) is 6.66. The van der Waals surface area contributed by atoms with Gasteiger partial charge in [0, 0.05) is 39.3 Å². The zero-order valence-electron chi connectivity index (χ0n) is 19.3. The highest BCUT2D eigenvalue weighted by Crippen LogP contribution is 2.63. The summed E-state index contributed by atoms with van der Waals surface area (Å²) in [4.78, 5) is 4.84. The van der Waals surface area contributed by atoms with Crippen LogP contribution < -0.4 is 9.47 Å². The molecule has 5 rings (SSSR count). The first-order chi connectivity index (χ1) is 14.8. The minimum absolute atomic E-state index is 0.229. The van der Waals surface area contributed by atoms with Crippen LogP contribution in [-0.2, 0) is 11.3 Å². The van der Waals surface area contributed by atoms with Gasteiger partial charge in [-0.3, -0.25) is 9.80 Å². The number of β-amino-alcohol motifs (C(OH)–C–C–N with tert-alkyl or cyclic N) is 1. The highest BCUT2D eigenvalue weighted by Gasteiger charge is 2.60. The van der Waals surface area contributed by atoms with Crippen molar-refractivity contribution in [3.05, 3.63) is 23.8 Å². The molecule has 0 unspecified atom stereocenters. The van der Waals surface area contributed by atoms with Crippen molar-refractivity contribution in [2.75, 3.05) is 46.1 Å². The van der Waals surface area contributed by atoms with Gasteiger partial charge in [0.05, 0.1) is 18.8 Å². The van der Waals surface area contributed by atoms with Crippen molar-refractivity contribution < 1.29 is 19.3 Å². The first kappa shape index (κ1) is 21.5. The van der Waals surface area contributed by atoms with Crippen molar-refractivity contribution in [2.45, 2.75) is 58.8 Å². The summed E-state index contributed by atoms with van der Waals surface area (Å²) in [6, 6.07) is 6.22. The molecule has 0 aromatic heterocycles. The zero-order valence-corrected chi connectivity index (χ0v) is 19.3. The van der Waals surface area contributed by atoms with E-state index in [1.165, 1.54) is 24.8 Å². The lowest BCUT2D eigenvalue weighted by molar-refractivity contribution is -0.114. The molecule has 172 valence electrons. The molecule has 2 aliphatic carbocycles. The lowest BCUT2D eigenvalue weighted by atomic mass is 9.70. The van der Waals surface area contributed by atoms with Crippen LogP contribution in [0.2, 0.25) is 0 Å². The van der Waals surface area contributed by atoms with Crippen molar-refractivity contribution in [1.29, 1.82) is 0 Å². The van der Waals surface area contributed by atoms with Crippen molar-refractivity contribution in [1.82, 2.24) is 9.80 Å². The largest absolute Gasteiger partial charge is 0.454 e. The zero-order chi connectivity index (χ0) is 21.6. The van der Waals surface area contributed by atoms with E-state index < -0.39 is 6.10 Å². The Morgan fingerprint density at radius 3 is 2.58 bits per heavy atom. The summed E-state index contributed by atoms with van der Waals surface area (Å²) >= 11 is 0. The number of hydrogen-bond acceptors (Lipinski definition) is 6. The second-order valence-corrected chi connectivity index (χ2v) is 11.0. The Bertz CT molecular complexity index is 787. The van der Waals surface area contributed by atoms with Crippen LogP contribution in [-0.4, -0.2) is 73.2 Å². The highest BCUT2D eigenvalue weighted by molar-refractivity contribution is 5.44. The van der Waals surface area contributed by atoms with Crippen LogP contribution >= 0.6 is 0 Å². The smallest absolute Gasteiger partial charge is 0.231 e. The Labute approximate surface area is 186 Å². The average Bonchev–Trinajstić information content (AvgIpc) is 3.40. The van der Waals surface area contributed by atoms with Gasteiger partial charge in [0.2, 0.25) is 6.79 Å². The third kappa shape index (κ3) is 4.20. The van der Waals surface area contributed by atoms with E-state index in [4.69, 9.17) is 14.2 Å². The van der Waals surface area contributed by atoms with E-state index in [1.54, 1.807) is 0 Å². The van der Waals surface area contributed by atoms with Gasteiger partial charge in [-0.05, 0) is 53.7 Å². The van der Waals surface area contributed by atoms with E-state index >= 15 is 0 Å². The lowest BCUT2D eigenvalue weighted by Gasteiger charge is -2.43. The third-order valence-electron chi connectivity index (χ3n) is 8.37. The van der Waals surface area contributed by atoms with Crippen molar-refractivity contribution in [3.8, 4) is 11.5 Å². The van der Waals surface area contributed by atoms with E-state index in [0.29, 0.717) is 25.4 Å². The molecule has 31 heavy (non-hydrogen) atoms. The van der Waals surface area contributed by atoms with Gasteiger partial charge in [-0.1, -0.05) is 26.8 Å². The molecule has 2 bridgehead atoms. The maximum Gasteiger partial charge on any atom is 0.231 e. The maximum atomic E-state index is 10.7. The minimum atomic E-state index is -0.418. The molecule has 0 spiro atoms. The Kier molecular flexibility index (Phi) is 5.70. The first-order valence-electron chi connectivity index (χ1n) is 12.0. The van der Waals surface area contributed by atoms with Crippen molar-refractivity contribution >= 4 is 0 Å². The van der Waals surface area contributed by atoms with Crippen molar-refractivity contribution in [3.63, 3.8) is 0 Å². The summed E-state index contributed by atoms with van der Waals surface area (Å²) in [7, 11) is 0. The number of benzene rings is 1. The second-order valence-electron chi connectivity index (χ2n) is 11.0. The SMILES string of the molecule is CC1(C)[C@H]2CC[C@@](C)(C2)[C@@H]1OC[C@H](O)CN1CCN(Cc2ccc3c(c2)OCO3)CC1. The Morgan fingerprint density at radius 2 is 1.84 bits per heavy atom. The summed E-state index contributed by atoms with van der Waals surface area (Å²) in [6.45, 7) is 13.5. The number of ether oxygens (including phenoxy) is 3. The van der Waals surface area contributed by atoms with Gasteiger partial charge in [0.1, 0.15) is 0 Å². The van der Waals surface area contributed by atoms with Crippen LogP contribution in [0, 0.1) is 16.7 Å². The molecule has 4 atom stereocenters. The predicted molar refractivity (Wildman–Crippen MR) is 119 cm³/mol. The average molecular weight is 431 g/mol. The monoisotopic (exact) mass is 430 g/mol. The molecule has 1 N–H and O–H groups in total. The van der Waals surface area contributed by atoms with Gasteiger partial charge in [-0.2, -0.15) is 0 Å². The van der Waals surface area contributed by atoms with Gasteiger partial charge in [0.25, 0.3) is 0 Å². The highest BCUT2D eigenvalue weighted by atomic mass is 16.7. The summed E-state index contributed by atoms with van der Waals surface area (Å²) in [5.74, 6) is 2.47. The molecule has 3 fully saturated rings. The molecule has 0 radical (unpaired) electrons. The quantitative estimate of drug-likeness (QED) is 0.717. The normalized spacial score (nSPS) is 33.2. The number of nitrogens with zero attached hydrogens (tertiary/aromatic N) is 2. The van der Waals surface area contributed by atoms with Crippen LogP contribution in [0.5, 0.6) is 11.5 Å². The Morgan fingerprint density at radius 1 is 1.10 bits per heavy atom. The number of fused-ring (bicyclic) bond motifs is 3. The minimum Gasteiger partial charge on any atom is -0.454 e. The van der Waals surface area contributed by atoms with Gasteiger partial charge in [-0.25, -0.2) is 0 Å². The van der Waals surface area contributed by atoms with Gasteiger partial charge >= 0.3 is 0 Å². The molecule has 2 heterocycles. The third-order valence-corrected chi connectivity index (χ3v) is 8.37. The fraction of sp³-hybridized carbons (Fsp3) is 0.760. The number of aliphatic hydroxyl groups excluding tert-OH is 1. The Hall–Kier alpha value is -1.34. The fourth-order valence-corrected chi connectivity index (χ4v) is 6.66. The summed E-state index contributed by atoms with van der Waals surface area (Å²) in [5, 5.41) is 10.7. The molecular weight excluding hydrogens is 392 g/mol. The number of piperazine rings is 1. The number of aliphatic hydroxyl groups is 1. The molecule has 1 saturated heterocycles. The van der Waals surface area contributed by atoms with Crippen LogP contribution in [0.3, 0.4) is 0 Å². The predicted octanol–water partition coefficient (Wildman–Crippen LogP) is 3.13. The molecule has 2 aliphatic heterocycles. The molecular formula is C25H38N2O4. The molecule has 6 heteroatoms. The molecule has 1 aromatic carbocycles. The van der Waals surface area contributed by atoms with Gasteiger partial charge < -0.3 is 19.3 Å². The van der Waals surface area contributed by atoms with Crippen molar-refractivity contribution in [2.24, 2.45) is 16.7 Å². The maximum absolute atomic E-state index is 10.7. The topological polar surface area (TPSA) is 54.4 Å². The van der Waals surface area contributed by atoms with E-state index in [-0.39, 0.29) is 11.5 Å². The van der Waals surface area contributed by atoms with E-state index in [2.05, 4.69) is 42.7 Å². The van der Waals surface area contributed by atoms with E-state index in [0.717, 1.165) is 50.1 Å². The molecule has 2 saturated carbocycles. The van der Waals surface area contributed by atoms with Crippen LogP contribution in [0.15, 0.2) is 18.2 Å². The summed E-state index contributed by atoms with van der Waals surface area (Å²) in [6.07, 6.45) is 3.74. The summed E-state index contributed by atoms with van der Waals surface area (Å²) in [5.41, 5.74) is 1.79. The van der Waals surface area contributed by atoms with Gasteiger partial charge in [0.15, 0.2) is 11.5 Å². The van der Waals surface area contributed by atoms with Crippen LogP contribution in [0.1, 0.15) is 45.6 Å². The molecule has 1 aromatic rings. The first-order valence-corrected chi connectivity index (χ1v) is 12.0. The summed E-state index contributed by atoms with van der Waals surface area (Å²) < 4.78 is 17.3. The van der Waals surface area contributed by atoms with Crippen LogP contribution in [0.25, 0.3) is 0 Å². The lowest BCUT2D eigenvalue weighted by Crippen LogP contribution is -2.49. The molecule has 0 amide bonds. The van der Waals surface area contributed by atoms with E-state index in [9.17, 15) is 5.11 Å². The molecule has 6 nitrogen and oxygen atoms in total. The number of rotatable bonds is 7. The number of hydrogen-bond donors (Lipinski definition) is 1. The van der Waals surface area contributed by atoms with Crippen LogP contribution in [0.4, 0.5) is 0 Å². The van der Waals surface area contributed by atoms with Gasteiger partial charge in [-0.15, -0.1) is 0 Å². The standard InChI is InChI=1S/C25H38N2O4/c1-24(2)19-6-7-25(3,13-19)23(24)29-16-20(28)15-27-10-8-26(9-11-27)14-18-4-5-21-22(12-18)31-17-30-21/h4-5,12,19-20,23,28H,6-11,13-17H2,1-3H3/t19-,20+,23+,25-/m0/s1.